The van der Waals surface area contributed by atoms with Crippen LogP contribution in [0.5, 0.6) is 0 Å². The Morgan fingerprint density at radius 3 is 2.38 bits per heavy atom. The number of fused-ring (bicyclic) bond motifs is 1. The molecule has 3 aromatic heterocycles. The summed E-state index contributed by atoms with van der Waals surface area (Å²) >= 11 is 0. The normalized spacial score (nSPS) is 11.4. The van der Waals surface area contributed by atoms with Crippen LogP contribution in [0.2, 0.25) is 0 Å². The third kappa shape index (κ3) is 2.60. The van der Waals surface area contributed by atoms with Gasteiger partial charge in [0.05, 0.1) is 11.0 Å². The summed E-state index contributed by atoms with van der Waals surface area (Å²) in [5.41, 5.74) is 4.49. The monoisotopic (exact) mass is 387 g/mol. The van der Waals surface area contributed by atoms with Gasteiger partial charge >= 0.3 is 5.69 Å². The minimum atomic E-state index is -0.0871. The minimum absolute atomic E-state index is 0.0871. The lowest BCUT2D eigenvalue weighted by Crippen LogP contribution is -2.19. The molecular formula is C21H17N5O3. The van der Waals surface area contributed by atoms with E-state index in [-0.39, 0.29) is 5.69 Å². The van der Waals surface area contributed by atoms with Crippen LogP contribution in [0.25, 0.3) is 45.2 Å². The number of rotatable bonds is 3. The Morgan fingerprint density at radius 2 is 1.59 bits per heavy atom. The van der Waals surface area contributed by atoms with Gasteiger partial charge in [0.1, 0.15) is 17.0 Å². The highest BCUT2D eigenvalue weighted by Crippen LogP contribution is 2.35. The lowest BCUT2D eigenvalue weighted by atomic mass is 10.1. The minimum Gasteiger partial charge on any atom is -0.416 e. The molecule has 0 radical (unpaired) electrons. The van der Waals surface area contributed by atoms with E-state index in [9.17, 15) is 4.79 Å². The summed E-state index contributed by atoms with van der Waals surface area (Å²) in [5.74, 6) is 1.29. The van der Waals surface area contributed by atoms with Gasteiger partial charge in [-0.2, -0.15) is 0 Å². The molecule has 3 heterocycles. The summed E-state index contributed by atoms with van der Waals surface area (Å²) in [5, 5.41) is 12.6. The molecule has 144 valence electrons. The van der Waals surface area contributed by atoms with Crippen LogP contribution in [-0.4, -0.2) is 24.5 Å². The third-order valence-electron chi connectivity index (χ3n) is 5.07. The molecule has 0 atom stereocenters. The van der Waals surface area contributed by atoms with Crippen LogP contribution in [0.4, 0.5) is 0 Å². The second kappa shape index (κ2) is 6.30. The van der Waals surface area contributed by atoms with Gasteiger partial charge in [0.2, 0.25) is 5.89 Å². The molecule has 0 unspecified atom stereocenters. The zero-order valence-electron chi connectivity index (χ0n) is 16.1. The van der Waals surface area contributed by atoms with Crippen molar-refractivity contribution in [3.63, 3.8) is 0 Å². The molecule has 0 spiro atoms. The van der Waals surface area contributed by atoms with E-state index in [2.05, 4.69) is 15.4 Å². The Morgan fingerprint density at radius 1 is 0.862 bits per heavy atom. The van der Waals surface area contributed by atoms with E-state index < -0.39 is 0 Å². The number of aromatic nitrogens is 5. The Bertz CT molecular complexity index is 1410. The van der Waals surface area contributed by atoms with E-state index in [1.165, 1.54) is 0 Å². The molecule has 0 aliphatic heterocycles. The molecule has 0 saturated carbocycles. The summed E-state index contributed by atoms with van der Waals surface area (Å²) < 4.78 is 14.5. The highest BCUT2D eigenvalue weighted by molar-refractivity contribution is 5.82. The SMILES string of the molecule is Cc1onc(-c2ccccc2)c1-c1nnc(-c2ccc3c(c2)n(C)c(=O)n3C)o1. The van der Waals surface area contributed by atoms with E-state index >= 15 is 0 Å². The highest BCUT2D eigenvalue weighted by atomic mass is 16.5. The van der Waals surface area contributed by atoms with Gasteiger partial charge in [-0.3, -0.25) is 9.13 Å². The number of nitrogens with zero attached hydrogens (tertiary/aromatic N) is 5. The van der Waals surface area contributed by atoms with Crippen molar-refractivity contribution in [3.8, 4) is 34.2 Å². The van der Waals surface area contributed by atoms with Gasteiger partial charge < -0.3 is 8.94 Å². The smallest absolute Gasteiger partial charge is 0.328 e. The molecule has 0 saturated heterocycles. The van der Waals surface area contributed by atoms with Gasteiger partial charge in [-0.15, -0.1) is 10.2 Å². The predicted molar refractivity (Wildman–Crippen MR) is 107 cm³/mol. The largest absolute Gasteiger partial charge is 0.416 e. The molecule has 8 heteroatoms. The first kappa shape index (κ1) is 17.2. The van der Waals surface area contributed by atoms with Crippen molar-refractivity contribution in [1.29, 1.82) is 0 Å². The summed E-state index contributed by atoms with van der Waals surface area (Å²) in [6.07, 6.45) is 0. The second-order valence-corrected chi connectivity index (χ2v) is 6.84. The molecular weight excluding hydrogens is 370 g/mol. The highest BCUT2D eigenvalue weighted by Gasteiger charge is 2.22. The average molecular weight is 387 g/mol. The molecule has 0 aliphatic carbocycles. The number of hydrogen-bond acceptors (Lipinski definition) is 6. The Balaban J connectivity index is 1.61. The maximum atomic E-state index is 12.2. The van der Waals surface area contributed by atoms with Crippen LogP contribution in [0.15, 0.2) is 62.3 Å². The van der Waals surface area contributed by atoms with Gasteiger partial charge in [0, 0.05) is 25.2 Å². The van der Waals surface area contributed by atoms with E-state index in [0.717, 1.165) is 22.2 Å². The predicted octanol–water partition coefficient (Wildman–Crippen LogP) is 3.56. The fourth-order valence-corrected chi connectivity index (χ4v) is 3.50. The van der Waals surface area contributed by atoms with Gasteiger partial charge in [-0.1, -0.05) is 35.5 Å². The summed E-state index contributed by atoms with van der Waals surface area (Å²) in [7, 11) is 3.48. The Hall–Kier alpha value is -3.94. The zero-order valence-corrected chi connectivity index (χ0v) is 16.1. The Labute approximate surface area is 165 Å². The van der Waals surface area contributed by atoms with Crippen LogP contribution >= 0.6 is 0 Å². The van der Waals surface area contributed by atoms with Gasteiger partial charge in [0.15, 0.2) is 0 Å². The van der Waals surface area contributed by atoms with Crippen LogP contribution in [-0.2, 0) is 14.1 Å². The summed E-state index contributed by atoms with van der Waals surface area (Å²) in [6, 6.07) is 15.3. The summed E-state index contributed by atoms with van der Waals surface area (Å²) in [6.45, 7) is 1.81. The first-order valence-electron chi connectivity index (χ1n) is 9.06. The third-order valence-corrected chi connectivity index (χ3v) is 5.07. The molecule has 5 rings (SSSR count). The molecule has 29 heavy (non-hydrogen) atoms. The van der Waals surface area contributed by atoms with Crippen molar-refractivity contribution in [2.24, 2.45) is 14.1 Å². The number of imidazole rings is 1. The quantitative estimate of drug-likeness (QED) is 0.470. The average Bonchev–Trinajstić information content (AvgIpc) is 3.43. The number of hydrogen-bond donors (Lipinski definition) is 0. The zero-order chi connectivity index (χ0) is 20.1. The van der Waals surface area contributed by atoms with Crippen molar-refractivity contribution in [1.82, 2.24) is 24.5 Å². The fraction of sp³-hybridized carbons (Fsp3) is 0.143. The lowest BCUT2D eigenvalue weighted by molar-refractivity contribution is 0.399. The number of aryl methyl sites for hydroxylation is 3. The maximum absolute atomic E-state index is 12.2. The van der Waals surface area contributed by atoms with Gasteiger partial charge in [0.25, 0.3) is 5.89 Å². The van der Waals surface area contributed by atoms with Crippen molar-refractivity contribution in [3.05, 3.63) is 64.8 Å². The molecule has 0 amide bonds. The van der Waals surface area contributed by atoms with E-state index in [1.807, 2.05) is 55.5 Å². The van der Waals surface area contributed by atoms with Crippen molar-refractivity contribution >= 4 is 11.0 Å². The molecule has 2 aromatic carbocycles. The van der Waals surface area contributed by atoms with Crippen LogP contribution in [0.1, 0.15) is 5.76 Å². The Kier molecular flexibility index (Phi) is 3.73. The lowest BCUT2D eigenvalue weighted by Gasteiger charge is -1.99. The van der Waals surface area contributed by atoms with Crippen molar-refractivity contribution in [2.75, 3.05) is 0 Å². The molecule has 8 nitrogen and oxygen atoms in total. The molecule has 0 bridgehead atoms. The van der Waals surface area contributed by atoms with Gasteiger partial charge in [-0.25, -0.2) is 4.79 Å². The first-order chi connectivity index (χ1) is 14.0. The molecule has 5 aromatic rings. The van der Waals surface area contributed by atoms with E-state index in [4.69, 9.17) is 8.94 Å². The van der Waals surface area contributed by atoms with Crippen LogP contribution < -0.4 is 5.69 Å². The summed E-state index contributed by atoms with van der Waals surface area (Å²) in [4.78, 5) is 12.2. The standard InChI is InChI=1S/C21H17N5O3/c1-12-17(18(24-29-12)13-7-5-4-6-8-13)20-23-22-19(28-20)14-9-10-15-16(11-14)26(3)21(27)25(15)2/h4-11H,1-3H3. The number of benzene rings is 2. The van der Waals surface area contributed by atoms with E-state index in [1.54, 1.807) is 23.2 Å². The second-order valence-electron chi connectivity index (χ2n) is 6.84. The molecule has 0 N–H and O–H groups in total. The van der Waals surface area contributed by atoms with Crippen LogP contribution in [0.3, 0.4) is 0 Å². The van der Waals surface area contributed by atoms with Crippen molar-refractivity contribution in [2.45, 2.75) is 6.92 Å². The maximum Gasteiger partial charge on any atom is 0.328 e. The first-order valence-corrected chi connectivity index (χ1v) is 9.06. The van der Waals surface area contributed by atoms with Gasteiger partial charge in [-0.05, 0) is 25.1 Å². The van der Waals surface area contributed by atoms with E-state index in [0.29, 0.717) is 28.8 Å². The fourth-order valence-electron chi connectivity index (χ4n) is 3.50. The molecule has 0 aliphatic rings. The van der Waals surface area contributed by atoms with Crippen molar-refractivity contribution < 1.29 is 8.94 Å². The van der Waals surface area contributed by atoms with Crippen LogP contribution in [0, 0.1) is 6.92 Å². The topological polar surface area (TPSA) is 91.9 Å². The molecule has 0 fully saturated rings.